The van der Waals surface area contributed by atoms with Crippen LogP contribution in [0.3, 0.4) is 0 Å². The van der Waals surface area contributed by atoms with E-state index in [2.05, 4.69) is 36.7 Å². The standard InChI is InChI=1S/C27H36N4O6.C6H12.C3H8/c1-15-9-21(24(33)29-20(13-16-7-8-16)23(32)25(34)28-2)31(14-15)26(35)22(30-27(36)37)19-11-17-5-3-4-6-18(10-17)12-19;1-6-4-2-3-5-6;1-3-2/h3-6,15-16,19-22,30H,7-14H2,1-2H3,(H,28,34)(H,29,33)(H,36,37);6H,2-5H2,1H3;3H2,1-2H3. The zero-order chi connectivity index (χ0) is 33.8. The number of ketones is 1. The highest BCUT2D eigenvalue weighted by Crippen LogP contribution is 2.37. The first-order chi connectivity index (χ1) is 22.0. The van der Waals surface area contributed by atoms with Gasteiger partial charge in [-0.3, -0.25) is 19.2 Å². The van der Waals surface area contributed by atoms with Gasteiger partial charge in [-0.25, -0.2) is 4.79 Å². The molecule has 1 heterocycles. The molecule has 5 aliphatic rings. The van der Waals surface area contributed by atoms with Crippen molar-refractivity contribution in [3.63, 3.8) is 0 Å². The van der Waals surface area contributed by atoms with Crippen LogP contribution in [0.25, 0.3) is 0 Å². The number of nitrogens with one attached hydrogen (secondary N) is 3. The largest absolute Gasteiger partial charge is 0.465 e. The first-order valence-electron chi connectivity index (χ1n) is 17.4. The van der Waals surface area contributed by atoms with Gasteiger partial charge in [-0.2, -0.15) is 0 Å². The molecular weight excluding hydrogens is 584 g/mol. The van der Waals surface area contributed by atoms with E-state index in [1.807, 2.05) is 31.2 Å². The first-order valence-corrected chi connectivity index (χ1v) is 17.4. The van der Waals surface area contributed by atoms with Crippen molar-refractivity contribution in [3.8, 4) is 0 Å². The second kappa shape index (κ2) is 18.0. The van der Waals surface area contributed by atoms with Crippen LogP contribution in [0.5, 0.6) is 0 Å². The number of likely N-dealkylation sites (tertiary alicyclic amines) is 1. The summed E-state index contributed by atoms with van der Waals surface area (Å²) in [5.41, 5.74) is 2.28. The Labute approximate surface area is 274 Å². The van der Waals surface area contributed by atoms with E-state index in [-0.39, 0.29) is 17.8 Å². The molecule has 3 saturated carbocycles. The SMILES string of the molecule is CC1CCCC1.CCC.CNC(=O)C(=O)C(CC1CC1)NC(=O)C1CC(C)CN1C(=O)C(NC(=O)O)C1CC2=CC=CC=C(C2)C1. The molecule has 10 heteroatoms. The van der Waals surface area contributed by atoms with Crippen molar-refractivity contribution in [2.75, 3.05) is 13.6 Å². The number of carboxylic acid groups (broad SMARTS) is 1. The van der Waals surface area contributed by atoms with Crippen LogP contribution in [-0.4, -0.2) is 71.3 Å². The molecule has 0 aromatic carbocycles. The van der Waals surface area contributed by atoms with E-state index in [0.717, 1.165) is 36.3 Å². The maximum absolute atomic E-state index is 13.8. The van der Waals surface area contributed by atoms with Crippen molar-refractivity contribution in [3.05, 3.63) is 35.5 Å². The van der Waals surface area contributed by atoms with Crippen molar-refractivity contribution in [1.29, 1.82) is 0 Å². The summed E-state index contributed by atoms with van der Waals surface area (Å²) in [4.78, 5) is 65.0. The van der Waals surface area contributed by atoms with E-state index >= 15 is 0 Å². The van der Waals surface area contributed by atoms with Gasteiger partial charge in [0.1, 0.15) is 12.1 Å². The van der Waals surface area contributed by atoms with Crippen LogP contribution in [0.2, 0.25) is 0 Å². The summed E-state index contributed by atoms with van der Waals surface area (Å²) in [6.07, 6.45) is 18.5. The second-order valence-electron chi connectivity index (χ2n) is 13.9. The second-order valence-corrected chi connectivity index (χ2v) is 13.9. The normalized spacial score (nSPS) is 23.6. The van der Waals surface area contributed by atoms with Gasteiger partial charge in [0.05, 0.1) is 6.04 Å². The van der Waals surface area contributed by atoms with Crippen LogP contribution in [0, 0.1) is 23.7 Å². The lowest BCUT2D eigenvalue weighted by molar-refractivity contribution is -0.143. The van der Waals surface area contributed by atoms with Crippen LogP contribution in [0.4, 0.5) is 4.79 Å². The monoisotopic (exact) mass is 640 g/mol. The maximum Gasteiger partial charge on any atom is 0.405 e. The van der Waals surface area contributed by atoms with Gasteiger partial charge in [0, 0.05) is 13.6 Å². The van der Waals surface area contributed by atoms with E-state index in [9.17, 15) is 29.1 Å². The van der Waals surface area contributed by atoms with Gasteiger partial charge in [-0.15, -0.1) is 0 Å². The summed E-state index contributed by atoms with van der Waals surface area (Å²) in [5.74, 6) is -1.29. The molecule has 0 aromatic rings. The highest BCUT2D eigenvalue weighted by atomic mass is 16.4. The van der Waals surface area contributed by atoms with Crippen molar-refractivity contribution in [2.24, 2.45) is 23.7 Å². The van der Waals surface area contributed by atoms with Crippen molar-refractivity contribution >= 4 is 29.6 Å². The molecule has 4 atom stereocenters. The molecule has 4 N–H and O–H groups in total. The summed E-state index contributed by atoms with van der Waals surface area (Å²) in [6.45, 7) is 8.83. The maximum atomic E-state index is 13.8. The van der Waals surface area contributed by atoms with Gasteiger partial charge in [-0.05, 0) is 55.8 Å². The number of likely N-dealkylation sites (N-methyl/N-ethyl adjacent to an activating group) is 1. The molecule has 10 nitrogen and oxygen atoms in total. The number of rotatable bonds is 9. The molecule has 256 valence electrons. The Kier molecular flexibility index (Phi) is 14.5. The van der Waals surface area contributed by atoms with E-state index < -0.39 is 47.7 Å². The van der Waals surface area contributed by atoms with Gasteiger partial charge < -0.3 is 26.0 Å². The van der Waals surface area contributed by atoms with E-state index in [1.165, 1.54) is 44.1 Å². The summed E-state index contributed by atoms with van der Waals surface area (Å²) < 4.78 is 0. The zero-order valence-electron chi connectivity index (χ0n) is 28.5. The summed E-state index contributed by atoms with van der Waals surface area (Å²) >= 11 is 0. The fourth-order valence-electron chi connectivity index (χ4n) is 6.88. The van der Waals surface area contributed by atoms with Gasteiger partial charge in [0.15, 0.2) is 0 Å². The third kappa shape index (κ3) is 11.1. The molecule has 5 rings (SSSR count). The van der Waals surface area contributed by atoms with Gasteiger partial charge >= 0.3 is 6.09 Å². The van der Waals surface area contributed by atoms with Crippen molar-refractivity contribution < 1.29 is 29.1 Å². The molecule has 0 radical (unpaired) electrons. The summed E-state index contributed by atoms with van der Waals surface area (Å²) in [5, 5.41) is 17.1. The minimum atomic E-state index is -1.29. The topological polar surface area (TPSA) is 145 Å². The Morgan fingerprint density at radius 3 is 1.98 bits per heavy atom. The molecule has 4 amide bonds. The lowest BCUT2D eigenvalue weighted by Gasteiger charge is -2.35. The van der Waals surface area contributed by atoms with E-state index in [0.29, 0.717) is 32.2 Å². The number of allylic oxidation sites excluding steroid dienone is 6. The Balaban J connectivity index is 0.000000557. The molecule has 46 heavy (non-hydrogen) atoms. The fraction of sp³-hybridized carbons (Fsp3) is 0.694. The minimum Gasteiger partial charge on any atom is -0.465 e. The molecule has 4 aliphatic carbocycles. The van der Waals surface area contributed by atoms with Crippen LogP contribution >= 0.6 is 0 Å². The number of nitrogens with zero attached hydrogens (tertiary/aromatic N) is 1. The van der Waals surface area contributed by atoms with E-state index in [4.69, 9.17) is 0 Å². The van der Waals surface area contributed by atoms with Crippen molar-refractivity contribution in [2.45, 2.75) is 123 Å². The fourth-order valence-corrected chi connectivity index (χ4v) is 6.88. The Morgan fingerprint density at radius 2 is 1.50 bits per heavy atom. The van der Waals surface area contributed by atoms with Crippen LogP contribution < -0.4 is 16.0 Å². The van der Waals surface area contributed by atoms with Crippen molar-refractivity contribution in [1.82, 2.24) is 20.9 Å². The van der Waals surface area contributed by atoms with E-state index in [1.54, 1.807) is 0 Å². The van der Waals surface area contributed by atoms with Gasteiger partial charge in [0.25, 0.3) is 5.91 Å². The molecule has 0 aromatic heterocycles. The number of Topliss-reactive ketones (excluding diaryl/α,β-unsaturated/α-hetero) is 1. The number of carbonyl (C=O) groups is 5. The van der Waals surface area contributed by atoms with Crippen LogP contribution in [-0.2, 0) is 19.2 Å². The highest BCUT2D eigenvalue weighted by molar-refractivity contribution is 6.38. The number of hydrogen-bond donors (Lipinski definition) is 4. The molecule has 4 fully saturated rings. The Bertz CT molecular complexity index is 1160. The molecular formula is C36H56N4O6. The zero-order valence-corrected chi connectivity index (χ0v) is 28.5. The summed E-state index contributed by atoms with van der Waals surface area (Å²) in [7, 11) is 1.37. The number of carbonyl (C=O) groups excluding carboxylic acids is 4. The third-order valence-corrected chi connectivity index (χ3v) is 9.38. The summed E-state index contributed by atoms with van der Waals surface area (Å²) in [6, 6.07) is -2.79. The minimum absolute atomic E-state index is 0.0188. The predicted molar refractivity (Wildman–Crippen MR) is 179 cm³/mol. The average molecular weight is 641 g/mol. The quantitative estimate of drug-likeness (QED) is 0.252. The molecule has 4 unspecified atom stereocenters. The molecule has 2 bridgehead atoms. The molecule has 1 aliphatic heterocycles. The molecule has 0 spiro atoms. The van der Waals surface area contributed by atoms with Crippen LogP contribution in [0.15, 0.2) is 35.5 Å². The number of amides is 4. The average Bonchev–Trinajstić information content (AvgIpc) is 3.61. The van der Waals surface area contributed by atoms with Crippen LogP contribution in [0.1, 0.15) is 105 Å². The number of fused-ring (bicyclic) bond motifs is 2. The number of hydrogen-bond acceptors (Lipinski definition) is 5. The highest BCUT2D eigenvalue weighted by Gasteiger charge is 2.45. The van der Waals surface area contributed by atoms with Gasteiger partial charge in [-0.1, -0.05) is 108 Å². The first kappa shape index (κ1) is 37.0. The molecule has 1 saturated heterocycles. The third-order valence-electron chi connectivity index (χ3n) is 9.38. The smallest absolute Gasteiger partial charge is 0.405 e. The lowest BCUT2D eigenvalue weighted by atomic mass is 9.78. The van der Waals surface area contributed by atoms with Gasteiger partial charge in [0.2, 0.25) is 17.6 Å². The predicted octanol–water partition coefficient (Wildman–Crippen LogP) is 5.30. The Morgan fingerprint density at radius 1 is 0.913 bits per heavy atom. The Hall–Kier alpha value is -3.43. The lowest BCUT2D eigenvalue weighted by Crippen LogP contribution is -2.57.